The Kier molecular flexibility index (Phi) is 4.81. The van der Waals surface area contributed by atoms with Gasteiger partial charge in [-0.25, -0.2) is 0 Å². The summed E-state index contributed by atoms with van der Waals surface area (Å²) >= 11 is 0. The zero-order valence-electron chi connectivity index (χ0n) is 12.2. The van der Waals surface area contributed by atoms with E-state index >= 15 is 0 Å². The summed E-state index contributed by atoms with van der Waals surface area (Å²) < 4.78 is 5.31. The monoisotopic (exact) mass is 269 g/mol. The Labute approximate surface area is 115 Å². The van der Waals surface area contributed by atoms with Crippen LogP contribution in [0.4, 0.5) is 0 Å². The molecule has 2 aliphatic rings. The normalized spacial score (nSPS) is 33.5. The van der Waals surface area contributed by atoms with Gasteiger partial charge in [-0.05, 0) is 38.8 Å². The summed E-state index contributed by atoms with van der Waals surface area (Å²) in [4.78, 5) is 14.6. The lowest BCUT2D eigenvalue weighted by Crippen LogP contribution is -2.51. The van der Waals surface area contributed by atoms with E-state index in [1.165, 1.54) is 12.8 Å². The molecule has 2 fully saturated rings. The summed E-state index contributed by atoms with van der Waals surface area (Å²) in [5.74, 6) is 0.876. The van der Waals surface area contributed by atoms with Gasteiger partial charge in [0.15, 0.2) is 0 Å². The van der Waals surface area contributed by atoms with Crippen LogP contribution >= 0.6 is 0 Å². The van der Waals surface area contributed by atoms with E-state index in [1.54, 1.807) is 0 Å². The third kappa shape index (κ3) is 3.46. The second-order valence-corrected chi connectivity index (χ2v) is 6.32. The number of likely N-dealkylation sites (tertiary alicyclic amines) is 1. The molecule has 2 heterocycles. The first-order chi connectivity index (χ1) is 9.02. The third-order valence-electron chi connectivity index (χ3n) is 4.63. The molecular weight excluding hydrogens is 242 g/mol. The summed E-state index contributed by atoms with van der Waals surface area (Å²) in [5.41, 5.74) is 5.39. The summed E-state index contributed by atoms with van der Waals surface area (Å²) in [5, 5.41) is 3.01. The number of hydrogen-bond donors (Lipinski definition) is 2. The Balaban J connectivity index is 1.69. The molecule has 0 aromatic heterocycles. The molecule has 110 valence electrons. The number of nitrogens with zero attached hydrogens (tertiary/aromatic N) is 1. The van der Waals surface area contributed by atoms with Gasteiger partial charge in [-0.2, -0.15) is 0 Å². The summed E-state index contributed by atoms with van der Waals surface area (Å²) in [6.07, 6.45) is 2.54. The molecule has 5 heteroatoms. The molecule has 5 nitrogen and oxygen atoms in total. The Morgan fingerprint density at radius 2 is 2.16 bits per heavy atom. The van der Waals surface area contributed by atoms with Crippen molar-refractivity contribution >= 4 is 5.91 Å². The fourth-order valence-electron chi connectivity index (χ4n) is 2.74. The Morgan fingerprint density at radius 3 is 2.74 bits per heavy atom. The molecule has 0 radical (unpaired) electrons. The molecule has 0 aromatic carbocycles. The van der Waals surface area contributed by atoms with E-state index in [9.17, 15) is 4.79 Å². The molecule has 2 aliphatic heterocycles. The molecule has 0 aliphatic carbocycles. The maximum Gasteiger partial charge on any atom is 0.229 e. The van der Waals surface area contributed by atoms with Crippen molar-refractivity contribution in [1.29, 1.82) is 0 Å². The smallest absolute Gasteiger partial charge is 0.229 e. The van der Waals surface area contributed by atoms with Gasteiger partial charge in [-0.3, -0.25) is 4.79 Å². The van der Waals surface area contributed by atoms with Crippen LogP contribution in [0.1, 0.15) is 26.7 Å². The highest BCUT2D eigenvalue weighted by Gasteiger charge is 2.44. The van der Waals surface area contributed by atoms with Gasteiger partial charge in [-0.1, -0.05) is 6.92 Å². The first-order valence-corrected chi connectivity index (χ1v) is 7.36. The van der Waals surface area contributed by atoms with Crippen LogP contribution in [0, 0.1) is 11.3 Å². The Bertz CT molecular complexity index is 316. The van der Waals surface area contributed by atoms with Crippen LogP contribution in [0.3, 0.4) is 0 Å². The highest BCUT2D eigenvalue weighted by atomic mass is 16.5. The van der Waals surface area contributed by atoms with Crippen molar-refractivity contribution in [2.24, 2.45) is 17.1 Å². The number of hydrogen-bond acceptors (Lipinski definition) is 4. The van der Waals surface area contributed by atoms with Gasteiger partial charge in [0, 0.05) is 19.1 Å². The quantitative estimate of drug-likeness (QED) is 0.765. The standard InChI is InChI=1S/C14H27N3O2/c1-11-3-6-17(7-4-11)8-5-16-13(18)14(2)10-19-9-12(14)15/h11-12H,3-10,15H2,1-2H3,(H,16,18). The van der Waals surface area contributed by atoms with Crippen molar-refractivity contribution in [3.8, 4) is 0 Å². The van der Waals surface area contributed by atoms with Gasteiger partial charge in [0.1, 0.15) is 0 Å². The van der Waals surface area contributed by atoms with Crippen LogP contribution in [-0.4, -0.2) is 56.2 Å². The number of carbonyl (C=O) groups is 1. The lowest BCUT2D eigenvalue weighted by molar-refractivity contribution is -0.130. The average molecular weight is 269 g/mol. The number of piperidine rings is 1. The molecule has 0 saturated carbocycles. The number of rotatable bonds is 4. The van der Waals surface area contributed by atoms with E-state index in [4.69, 9.17) is 10.5 Å². The van der Waals surface area contributed by atoms with Crippen LogP contribution in [0.5, 0.6) is 0 Å². The van der Waals surface area contributed by atoms with Crippen molar-refractivity contribution in [3.05, 3.63) is 0 Å². The lowest BCUT2D eigenvalue weighted by atomic mass is 9.85. The van der Waals surface area contributed by atoms with E-state index in [-0.39, 0.29) is 11.9 Å². The van der Waals surface area contributed by atoms with Crippen LogP contribution in [0.25, 0.3) is 0 Å². The maximum atomic E-state index is 12.2. The second-order valence-electron chi connectivity index (χ2n) is 6.32. The van der Waals surface area contributed by atoms with Crippen molar-refractivity contribution < 1.29 is 9.53 Å². The fourth-order valence-corrected chi connectivity index (χ4v) is 2.74. The van der Waals surface area contributed by atoms with Crippen LogP contribution < -0.4 is 11.1 Å². The SMILES string of the molecule is CC1CCN(CCNC(=O)C2(C)COCC2N)CC1. The molecule has 3 N–H and O–H groups in total. The molecule has 19 heavy (non-hydrogen) atoms. The zero-order chi connectivity index (χ0) is 13.9. The van der Waals surface area contributed by atoms with Crippen molar-refractivity contribution in [3.63, 3.8) is 0 Å². The average Bonchev–Trinajstić information content (AvgIpc) is 2.73. The maximum absolute atomic E-state index is 12.2. The third-order valence-corrected chi connectivity index (χ3v) is 4.63. The van der Waals surface area contributed by atoms with Crippen molar-refractivity contribution in [2.75, 3.05) is 39.4 Å². The molecule has 1 amide bonds. The number of ether oxygens (including phenoxy) is 1. The van der Waals surface area contributed by atoms with Gasteiger partial charge in [0.2, 0.25) is 5.91 Å². The van der Waals surface area contributed by atoms with Gasteiger partial charge in [0.25, 0.3) is 0 Å². The molecule has 0 aromatic rings. The number of amides is 1. The minimum atomic E-state index is -0.559. The van der Waals surface area contributed by atoms with Gasteiger partial charge in [-0.15, -0.1) is 0 Å². The summed E-state index contributed by atoms with van der Waals surface area (Å²) in [6.45, 7) is 9.05. The van der Waals surface area contributed by atoms with E-state index in [0.717, 1.165) is 25.6 Å². The van der Waals surface area contributed by atoms with E-state index in [0.29, 0.717) is 19.8 Å². The van der Waals surface area contributed by atoms with Gasteiger partial charge < -0.3 is 20.7 Å². The molecule has 0 bridgehead atoms. The molecular formula is C14H27N3O2. The van der Waals surface area contributed by atoms with Crippen molar-refractivity contribution in [1.82, 2.24) is 10.2 Å². The number of nitrogens with two attached hydrogens (primary N) is 1. The molecule has 2 atom stereocenters. The highest BCUT2D eigenvalue weighted by molar-refractivity contribution is 5.83. The predicted octanol–water partition coefficient (Wildman–Crippen LogP) is 0.198. The zero-order valence-corrected chi connectivity index (χ0v) is 12.2. The Morgan fingerprint density at radius 1 is 1.47 bits per heavy atom. The largest absolute Gasteiger partial charge is 0.379 e. The highest BCUT2D eigenvalue weighted by Crippen LogP contribution is 2.26. The predicted molar refractivity (Wildman–Crippen MR) is 74.7 cm³/mol. The molecule has 0 spiro atoms. The van der Waals surface area contributed by atoms with Crippen LogP contribution in [0.15, 0.2) is 0 Å². The molecule has 2 unspecified atom stereocenters. The molecule has 2 rings (SSSR count). The van der Waals surface area contributed by atoms with E-state index in [1.807, 2.05) is 6.92 Å². The van der Waals surface area contributed by atoms with E-state index < -0.39 is 5.41 Å². The summed E-state index contributed by atoms with van der Waals surface area (Å²) in [6, 6.07) is -0.191. The fraction of sp³-hybridized carbons (Fsp3) is 0.929. The Hall–Kier alpha value is -0.650. The number of nitrogens with one attached hydrogen (secondary N) is 1. The second kappa shape index (κ2) is 6.20. The topological polar surface area (TPSA) is 67.6 Å². The van der Waals surface area contributed by atoms with Gasteiger partial charge >= 0.3 is 0 Å². The van der Waals surface area contributed by atoms with E-state index in [2.05, 4.69) is 17.1 Å². The van der Waals surface area contributed by atoms with Crippen molar-refractivity contribution in [2.45, 2.75) is 32.7 Å². The first-order valence-electron chi connectivity index (χ1n) is 7.36. The van der Waals surface area contributed by atoms with Gasteiger partial charge in [0.05, 0.1) is 18.6 Å². The minimum Gasteiger partial charge on any atom is -0.379 e. The lowest BCUT2D eigenvalue weighted by Gasteiger charge is -2.31. The molecule has 2 saturated heterocycles. The minimum absolute atomic E-state index is 0.0304. The number of carbonyl (C=O) groups excluding carboxylic acids is 1. The van der Waals surface area contributed by atoms with Crippen LogP contribution in [0.2, 0.25) is 0 Å². The van der Waals surface area contributed by atoms with Crippen LogP contribution in [-0.2, 0) is 9.53 Å². The first kappa shape index (κ1) is 14.8. The summed E-state index contributed by atoms with van der Waals surface area (Å²) in [7, 11) is 0.